The number of pyridine rings is 1. The number of aromatic nitrogens is 1. The zero-order valence-corrected chi connectivity index (χ0v) is 12.7. The highest BCUT2D eigenvalue weighted by atomic mass is 35.5. The molecule has 1 aromatic carbocycles. The average Bonchev–Trinajstić information content (AvgIpc) is 2.46. The van der Waals surface area contributed by atoms with E-state index in [0.29, 0.717) is 20.8 Å². The average molecular weight is 319 g/mol. The molecule has 0 saturated heterocycles. The second-order valence-electron chi connectivity index (χ2n) is 5.08. The Morgan fingerprint density at radius 1 is 1.24 bits per heavy atom. The molecule has 0 radical (unpaired) electrons. The highest BCUT2D eigenvalue weighted by Crippen LogP contribution is 2.38. The molecule has 2 aromatic rings. The van der Waals surface area contributed by atoms with Crippen LogP contribution in [0.15, 0.2) is 18.2 Å². The Kier molecular flexibility index (Phi) is 3.79. The Morgan fingerprint density at radius 3 is 2.71 bits per heavy atom. The third kappa shape index (κ3) is 2.37. The fourth-order valence-electron chi connectivity index (χ4n) is 2.90. The second-order valence-corrected chi connectivity index (χ2v) is 5.89. The predicted molar refractivity (Wildman–Crippen MR) is 83.4 cm³/mol. The lowest BCUT2D eigenvalue weighted by Crippen LogP contribution is -2.10. The summed E-state index contributed by atoms with van der Waals surface area (Å²) in [6.07, 6.45) is 3.75. The molecule has 2 nitrogen and oxygen atoms in total. The molecule has 0 amide bonds. The lowest BCUT2D eigenvalue weighted by molar-refractivity contribution is 0.629. The minimum atomic E-state index is -0.424. The molecule has 0 unspecified atom stereocenters. The van der Waals surface area contributed by atoms with Crippen molar-refractivity contribution < 1.29 is 4.39 Å². The van der Waals surface area contributed by atoms with Crippen molar-refractivity contribution in [3.8, 4) is 17.2 Å². The van der Waals surface area contributed by atoms with E-state index in [9.17, 15) is 9.65 Å². The van der Waals surface area contributed by atoms with Crippen molar-refractivity contribution in [1.29, 1.82) is 5.26 Å². The monoisotopic (exact) mass is 318 g/mol. The molecule has 1 N–H and O–H groups in total. The molecule has 0 bridgehead atoms. The van der Waals surface area contributed by atoms with E-state index in [4.69, 9.17) is 23.8 Å². The molecular formula is C16H12ClFN2S. The number of hydrogen-bond donors (Lipinski definition) is 1. The van der Waals surface area contributed by atoms with Crippen molar-refractivity contribution in [3.63, 3.8) is 0 Å². The van der Waals surface area contributed by atoms with Crippen molar-refractivity contribution in [1.82, 2.24) is 4.98 Å². The van der Waals surface area contributed by atoms with Crippen molar-refractivity contribution in [2.24, 2.45) is 0 Å². The Labute approximate surface area is 132 Å². The van der Waals surface area contributed by atoms with E-state index in [0.717, 1.165) is 36.9 Å². The maximum atomic E-state index is 14.3. The summed E-state index contributed by atoms with van der Waals surface area (Å²) in [5.41, 5.74) is 3.13. The minimum Gasteiger partial charge on any atom is -0.349 e. The number of halogens is 2. The standard InChI is InChI=1S/C16H12ClFN2S/c17-11-5-3-6-12(18)15(11)14-9-4-1-2-7-13(9)20-16(21)10(14)8-19/h3,5-6H,1-2,4,7H2,(H,20,21). The van der Waals surface area contributed by atoms with Gasteiger partial charge in [0.25, 0.3) is 0 Å². The van der Waals surface area contributed by atoms with Crippen LogP contribution in [0.3, 0.4) is 0 Å². The summed E-state index contributed by atoms with van der Waals surface area (Å²) in [5.74, 6) is -0.424. The van der Waals surface area contributed by atoms with E-state index in [1.807, 2.05) is 0 Å². The summed E-state index contributed by atoms with van der Waals surface area (Å²) in [6, 6.07) is 6.66. The number of H-pyrrole nitrogens is 1. The van der Waals surface area contributed by atoms with E-state index < -0.39 is 5.82 Å². The van der Waals surface area contributed by atoms with Crippen molar-refractivity contribution in [3.05, 3.63) is 50.5 Å². The van der Waals surface area contributed by atoms with Gasteiger partial charge in [0.1, 0.15) is 16.5 Å². The molecule has 21 heavy (non-hydrogen) atoms. The molecule has 1 aliphatic rings. The minimum absolute atomic E-state index is 0.286. The van der Waals surface area contributed by atoms with Crippen LogP contribution in [0.1, 0.15) is 29.7 Å². The number of hydrogen-bond acceptors (Lipinski definition) is 2. The molecule has 3 rings (SSSR count). The Morgan fingerprint density at radius 2 is 2.00 bits per heavy atom. The topological polar surface area (TPSA) is 39.6 Å². The molecule has 0 atom stereocenters. The fraction of sp³-hybridized carbons (Fsp3) is 0.250. The summed E-state index contributed by atoms with van der Waals surface area (Å²) in [5, 5.41) is 9.75. The fourth-order valence-corrected chi connectivity index (χ4v) is 3.43. The van der Waals surface area contributed by atoms with Crippen LogP contribution in [0.4, 0.5) is 4.39 Å². The van der Waals surface area contributed by atoms with E-state index in [2.05, 4.69) is 11.1 Å². The predicted octanol–water partition coefficient (Wildman–Crippen LogP) is 4.95. The number of benzene rings is 1. The van der Waals surface area contributed by atoms with E-state index in [1.165, 1.54) is 6.07 Å². The first kappa shape index (κ1) is 14.2. The van der Waals surface area contributed by atoms with Gasteiger partial charge in [-0.3, -0.25) is 0 Å². The van der Waals surface area contributed by atoms with Gasteiger partial charge in [-0.15, -0.1) is 0 Å². The smallest absolute Gasteiger partial charge is 0.132 e. The van der Waals surface area contributed by atoms with Gasteiger partial charge < -0.3 is 4.98 Å². The molecule has 1 heterocycles. The Bertz CT molecular complexity index is 800. The lowest BCUT2D eigenvalue weighted by atomic mass is 9.87. The summed E-state index contributed by atoms with van der Waals surface area (Å²) >= 11 is 11.5. The van der Waals surface area contributed by atoms with Crippen molar-refractivity contribution >= 4 is 23.8 Å². The van der Waals surface area contributed by atoms with Crippen LogP contribution >= 0.6 is 23.8 Å². The van der Waals surface area contributed by atoms with Gasteiger partial charge in [0.15, 0.2) is 0 Å². The van der Waals surface area contributed by atoms with Crippen LogP contribution in [0.5, 0.6) is 0 Å². The van der Waals surface area contributed by atoms with Crippen LogP contribution in [-0.4, -0.2) is 4.98 Å². The second kappa shape index (κ2) is 5.59. The highest BCUT2D eigenvalue weighted by Gasteiger charge is 2.23. The molecule has 1 aromatic heterocycles. The zero-order chi connectivity index (χ0) is 15.0. The number of nitrogens with zero attached hydrogens (tertiary/aromatic N) is 1. The Balaban J connectivity index is 2.44. The number of aryl methyl sites for hydroxylation is 1. The summed E-state index contributed by atoms with van der Waals surface area (Å²) < 4.78 is 14.7. The largest absolute Gasteiger partial charge is 0.349 e. The van der Waals surface area contributed by atoms with Gasteiger partial charge in [-0.05, 0) is 43.4 Å². The number of fused-ring (bicyclic) bond motifs is 1. The quantitative estimate of drug-likeness (QED) is 0.755. The highest BCUT2D eigenvalue weighted by molar-refractivity contribution is 7.71. The summed E-state index contributed by atoms with van der Waals surface area (Å²) in [4.78, 5) is 3.12. The van der Waals surface area contributed by atoms with Crippen LogP contribution in [0.2, 0.25) is 5.02 Å². The first-order valence-corrected chi connectivity index (χ1v) is 7.54. The van der Waals surface area contributed by atoms with E-state index >= 15 is 0 Å². The maximum absolute atomic E-state index is 14.3. The molecule has 1 aliphatic carbocycles. The molecule has 0 fully saturated rings. The van der Waals surface area contributed by atoms with Crippen molar-refractivity contribution in [2.45, 2.75) is 25.7 Å². The van der Waals surface area contributed by atoms with Gasteiger partial charge in [-0.2, -0.15) is 5.26 Å². The van der Waals surface area contributed by atoms with Crippen LogP contribution in [0.25, 0.3) is 11.1 Å². The number of aromatic amines is 1. The van der Waals surface area contributed by atoms with Gasteiger partial charge in [0, 0.05) is 16.8 Å². The summed E-state index contributed by atoms with van der Waals surface area (Å²) in [7, 11) is 0. The molecule has 0 spiro atoms. The van der Waals surface area contributed by atoms with Crippen LogP contribution in [0, 0.1) is 21.8 Å². The third-order valence-corrected chi connectivity index (χ3v) is 4.46. The van der Waals surface area contributed by atoms with E-state index in [-0.39, 0.29) is 5.56 Å². The maximum Gasteiger partial charge on any atom is 0.132 e. The summed E-state index contributed by atoms with van der Waals surface area (Å²) in [6.45, 7) is 0. The number of nitrogens with one attached hydrogen (secondary N) is 1. The SMILES string of the molecule is N#Cc1c(-c2c(F)cccc2Cl)c2c([nH]c1=S)CCCC2. The van der Waals surface area contributed by atoms with Gasteiger partial charge in [0.2, 0.25) is 0 Å². The van der Waals surface area contributed by atoms with E-state index in [1.54, 1.807) is 12.1 Å². The first-order valence-electron chi connectivity index (χ1n) is 6.76. The van der Waals surface area contributed by atoms with Crippen LogP contribution in [-0.2, 0) is 12.8 Å². The first-order chi connectivity index (χ1) is 10.1. The van der Waals surface area contributed by atoms with Gasteiger partial charge in [0.05, 0.1) is 10.6 Å². The normalized spacial score (nSPS) is 13.6. The molecule has 106 valence electrons. The van der Waals surface area contributed by atoms with Crippen molar-refractivity contribution in [2.75, 3.05) is 0 Å². The molecule has 5 heteroatoms. The van der Waals surface area contributed by atoms with Gasteiger partial charge in [-0.1, -0.05) is 29.9 Å². The molecular weight excluding hydrogens is 307 g/mol. The number of nitriles is 1. The third-order valence-electron chi connectivity index (χ3n) is 3.84. The lowest BCUT2D eigenvalue weighted by Gasteiger charge is -2.21. The van der Waals surface area contributed by atoms with Crippen LogP contribution < -0.4 is 0 Å². The molecule has 0 aliphatic heterocycles. The van der Waals surface area contributed by atoms with Gasteiger partial charge >= 0.3 is 0 Å². The zero-order valence-electron chi connectivity index (χ0n) is 11.2. The molecule has 0 saturated carbocycles. The van der Waals surface area contributed by atoms with Gasteiger partial charge in [-0.25, -0.2) is 4.39 Å². The Hall–Kier alpha value is -1.70. The number of rotatable bonds is 1.